The minimum Gasteiger partial charge on any atom is -0.383 e. The lowest BCUT2D eigenvalue weighted by Crippen LogP contribution is -2.15. The lowest BCUT2D eigenvalue weighted by Gasteiger charge is -2.09. The van der Waals surface area contributed by atoms with Crippen LogP contribution in [-0.2, 0) is 0 Å². The van der Waals surface area contributed by atoms with Crippen molar-refractivity contribution < 1.29 is 4.79 Å². The molecule has 1 aromatic heterocycles. The molecular weight excluding hydrogens is 250 g/mol. The molecule has 1 aromatic carbocycles. The lowest BCUT2D eigenvalue weighted by atomic mass is 10.2. The number of carbonyl (C=O) groups is 1. The van der Waals surface area contributed by atoms with Crippen LogP contribution in [0.25, 0.3) is 0 Å². The molecule has 0 unspecified atom stereocenters. The van der Waals surface area contributed by atoms with Crippen LogP contribution in [0.1, 0.15) is 15.9 Å². The number of nitrogen functional groups attached to an aromatic ring is 1. The minimum atomic E-state index is -0.286. The van der Waals surface area contributed by atoms with Crippen molar-refractivity contribution in [2.75, 3.05) is 11.1 Å². The van der Waals surface area contributed by atoms with Crippen molar-refractivity contribution in [3.05, 3.63) is 52.7 Å². The second-order valence-electron chi connectivity index (χ2n) is 3.85. The summed E-state index contributed by atoms with van der Waals surface area (Å²) < 4.78 is 0. The summed E-state index contributed by atoms with van der Waals surface area (Å²) >= 11 is 5.85. The van der Waals surface area contributed by atoms with Gasteiger partial charge >= 0.3 is 0 Å². The first-order chi connectivity index (χ1) is 8.58. The van der Waals surface area contributed by atoms with Crippen LogP contribution >= 0.6 is 11.6 Å². The van der Waals surface area contributed by atoms with E-state index in [2.05, 4.69) is 10.3 Å². The Balaban J connectivity index is 2.24. The van der Waals surface area contributed by atoms with Gasteiger partial charge in [-0.25, -0.2) is 4.98 Å². The fraction of sp³-hybridized carbons (Fsp3) is 0.0769. The molecule has 92 valence electrons. The summed E-state index contributed by atoms with van der Waals surface area (Å²) in [4.78, 5) is 15.9. The number of halogens is 1. The van der Waals surface area contributed by atoms with E-state index >= 15 is 0 Å². The molecule has 0 fully saturated rings. The molecule has 0 aliphatic carbocycles. The molecule has 4 nitrogen and oxygen atoms in total. The van der Waals surface area contributed by atoms with Crippen LogP contribution < -0.4 is 11.1 Å². The predicted molar refractivity (Wildman–Crippen MR) is 72.8 cm³/mol. The molecule has 0 aliphatic rings. The van der Waals surface area contributed by atoms with Crippen molar-refractivity contribution in [2.45, 2.75) is 6.92 Å². The van der Waals surface area contributed by atoms with Gasteiger partial charge < -0.3 is 11.1 Å². The van der Waals surface area contributed by atoms with Crippen LogP contribution in [0.3, 0.4) is 0 Å². The van der Waals surface area contributed by atoms with Crippen molar-refractivity contribution in [3.8, 4) is 0 Å². The number of aryl methyl sites for hydroxylation is 1. The van der Waals surface area contributed by atoms with E-state index in [0.29, 0.717) is 16.3 Å². The molecule has 1 amide bonds. The molecule has 2 rings (SSSR count). The summed E-state index contributed by atoms with van der Waals surface area (Å²) in [6.07, 6.45) is 1.54. The maximum Gasteiger partial charge on any atom is 0.259 e. The summed E-state index contributed by atoms with van der Waals surface area (Å²) in [5, 5.41) is 3.41. The smallest absolute Gasteiger partial charge is 0.259 e. The zero-order valence-electron chi connectivity index (χ0n) is 9.77. The van der Waals surface area contributed by atoms with Gasteiger partial charge in [0.05, 0.1) is 5.56 Å². The fourth-order valence-corrected chi connectivity index (χ4v) is 1.79. The molecule has 0 saturated heterocycles. The molecule has 1 heterocycles. The molecule has 3 N–H and O–H groups in total. The maximum atomic E-state index is 12.0. The van der Waals surface area contributed by atoms with E-state index in [1.807, 2.05) is 6.92 Å². The van der Waals surface area contributed by atoms with E-state index in [4.69, 9.17) is 17.3 Å². The number of nitrogens with two attached hydrogens (primary N) is 1. The summed E-state index contributed by atoms with van der Waals surface area (Å²) in [6.45, 7) is 1.87. The quantitative estimate of drug-likeness (QED) is 0.873. The summed E-state index contributed by atoms with van der Waals surface area (Å²) in [6, 6.07) is 8.55. The number of nitrogens with one attached hydrogen (secondary N) is 1. The molecule has 2 aromatic rings. The van der Waals surface area contributed by atoms with Crippen molar-refractivity contribution in [1.82, 2.24) is 4.98 Å². The molecule has 0 radical (unpaired) electrons. The number of hydrogen-bond acceptors (Lipinski definition) is 3. The second-order valence-corrected chi connectivity index (χ2v) is 4.29. The van der Waals surface area contributed by atoms with Gasteiger partial charge in [0, 0.05) is 16.9 Å². The van der Waals surface area contributed by atoms with Gasteiger partial charge in [-0.3, -0.25) is 4.79 Å². The first-order valence-corrected chi connectivity index (χ1v) is 5.73. The Morgan fingerprint density at radius 1 is 1.39 bits per heavy atom. The fourth-order valence-electron chi connectivity index (χ4n) is 1.57. The van der Waals surface area contributed by atoms with Crippen LogP contribution in [0.15, 0.2) is 36.5 Å². The third-order valence-electron chi connectivity index (χ3n) is 2.52. The van der Waals surface area contributed by atoms with Gasteiger partial charge in [0.2, 0.25) is 0 Å². The molecular formula is C13H12ClN3O. The highest BCUT2D eigenvalue weighted by atomic mass is 35.5. The van der Waals surface area contributed by atoms with Gasteiger partial charge in [-0.2, -0.15) is 0 Å². The Bertz CT molecular complexity index is 599. The minimum absolute atomic E-state index is 0.210. The first-order valence-electron chi connectivity index (χ1n) is 5.36. The Morgan fingerprint density at radius 2 is 2.17 bits per heavy atom. The molecule has 18 heavy (non-hydrogen) atoms. The van der Waals surface area contributed by atoms with E-state index in [1.54, 1.807) is 36.5 Å². The Morgan fingerprint density at radius 3 is 2.83 bits per heavy atom. The van der Waals surface area contributed by atoms with E-state index in [-0.39, 0.29) is 11.7 Å². The number of pyridine rings is 1. The van der Waals surface area contributed by atoms with Gasteiger partial charge in [-0.05, 0) is 42.8 Å². The van der Waals surface area contributed by atoms with Crippen LogP contribution in [0, 0.1) is 6.92 Å². The third kappa shape index (κ3) is 2.60. The van der Waals surface area contributed by atoms with E-state index in [1.165, 1.54) is 0 Å². The van der Waals surface area contributed by atoms with Crippen molar-refractivity contribution in [2.24, 2.45) is 0 Å². The highest BCUT2D eigenvalue weighted by molar-refractivity contribution is 6.30. The van der Waals surface area contributed by atoms with Crippen LogP contribution in [0.2, 0.25) is 5.02 Å². The van der Waals surface area contributed by atoms with Crippen LogP contribution in [0.4, 0.5) is 11.5 Å². The van der Waals surface area contributed by atoms with Gasteiger partial charge in [-0.1, -0.05) is 11.6 Å². The SMILES string of the molecule is Cc1cc(Cl)ccc1NC(=O)c1cccnc1N. The average molecular weight is 262 g/mol. The number of benzene rings is 1. The highest BCUT2D eigenvalue weighted by Crippen LogP contribution is 2.20. The van der Waals surface area contributed by atoms with E-state index in [9.17, 15) is 4.79 Å². The van der Waals surface area contributed by atoms with Gasteiger partial charge in [0.15, 0.2) is 0 Å². The van der Waals surface area contributed by atoms with Crippen LogP contribution in [0.5, 0.6) is 0 Å². The highest BCUT2D eigenvalue weighted by Gasteiger charge is 2.11. The summed E-state index contributed by atoms with van der Waals surface area (Å²) in [5.41, 5.74) is 7.59. The Hall–Kier alpha value is -2.07. The number of nitrogens with zero attached hydrogens (tertiary/aromatic N) is 1. The molecule has 0 aliphatic heterocycles. The van der Waals surface area contributed by atoms with Gasteiger partial charge in [0.1, 0.15) is 5.82 Å². The number of anilines is 2. The van der Waals surface area contributed by atoms with Crippen molar-refractivity contribution in [3.63, 3.8) is 0 Å². The largest absolute Gasteiger partial charge is 0.383 e. The molecule has 0 bridgehead atoms. The zero-order chi connectivity index (χ0) is 13.1. The zero-order valence-corrected chi connectivity index (χ0v) is 10.5. The number of rotatable bonds is 2. The van der Waals surface area contributed by atoms with Crippen molar-refractivity contribution in [1.29, 1.82) is 0 Å². The predicted octanol–water partition coefficient (Wildman–Crippen LogP) is 2.88. The maximum absolute atomic E-state index is 12.0. The molecule has 5 heteroatoms. The number of hydrogen-bond donors (Lipinski definition) is 2. The monoisotopic (exact) mass is 261 g/mol. The Labute approximate surface area is 110 Å². The molecule has 0 saturated carbocycles. The van der Waals surface area contributed by atoms with E-state index < -0.39 is 0 Å². The van der Waals surface area contributed by atoms with Gasteiger partial charge in [0.25, 0.3) is 5.91 Å². The summed E-state index contributed by atoms with van der Waals surface area (Å²) in [7, 11) is 0. The van der Waals surface area contributed by atoms with E-state index in [0.717, 1.165) is 5.56 Å². The van der Waals surface area contributed by atoms with Crippen molar-refractivity contribution >= 4 is 29.0 Å². The third-order valence-corrected chi connectivity index (χ3v) is 2.75. The Kier molecular flexibility index (Phi) is 3.48. The van der Waals surface area contributed by atoms with Crippen LogP contribution in [-0.4, -0.2) is 10.9 Å². The average Bonchev–Trinajstić information content (AvgIpc) is 2.33. The second kappa shape index (κ2) is 5.06. The molecule has 0 atom stereocenters. The number of carbonyl (C=O) groups excluding carboxylic acids is 1. The standard InChI is InChI=1S/C13H12ClN3O/c1-8-7-9(14)4-5-11(8)17-13(18)10-3-2-6-16-12(10)15/h2-7H,1H3,(H2,15,16)(H,17,18). The lowest BCUT2D eigenvalue weighted by molar-refractivity contribution is 0.102. The number of aromatic nitrogens is 1. The first kappa shape index (κ1) is 12.4. The normalized spacial score (nSPS) is 10.1. The topological polar surface area (TPSA) is 68.0 Å². The van der Waals surface area contributed by atoms with Gasteiger partial charge in [-0.15, -0.1) is 0 Å². The molecule has 0 spiro atoms. The summed E-state index contributed by atoms with van der Waals surface area (Å²) in [5.74, 6) is -0.0763. The number of amides is 1.